The fourth-order valence-corrected chi connectivity index (χ4v) is 2.30. The first kappa shape index (κ1) is 15.8. The van der Waals surface area contributed by atoms with Crippen molar-refractivity contribution in [2.45, 2.75) is 13.0 Å². The second kappa shape index (κ2) is 7.97. The molecule has 1 atom stereocenters. The van der Waals surface area contributed by atoms with Crippen LogP contribution >= 0.6 is 0 Å². The van der Waals surface area contributed by atoms with Crippen molar-refractivity contribution in [3.8, 4) is 0 Å². The molecule has 1 aromatic carbocycles. The molecule has 116 valence electrons. The summed E-state index contributed by atoms with van der Waals surface area (Å²) in [5.74, 6) is -0.127. The maximum atomic E-state index is 12.0. The van der Waals surface area contributed by atoms with E-state index >= 15 is 0 Å². The second-order valence-corrected chi connectivity index (χ2v) is 4.90. The summed E-state index contributed by atoms with van der Waals surface area (Å²) in [4.78, 5) is 14.1. The van der Waals surface area contributed by atoms with E-state index in [2.05, 4.69) is 15.5 Å². The minimum absolute atomic E-state index is 0.123. The normalized spacial score (nSPS) is 18.3. The van der Waals surface area contributed by atoms with E-state index in [0.717, 1.165) is 24.5 Å². The van der Waals surface area contributed by atoms with Crippen LogP contribution in [-0.4, -0.2) is 56.5 Å². The lowest BCUT2D eigenvalue weighted by molar-refractivity contribution is -0.128. The van der Waals surface area contributed by atoms with Crippen molar-refractivity contribution in [1.82, 2.24) is 5.32 Å². The van der Waals surface area contributed by atoms with Gasteiger partial charge in [-0.25, -0.2) is 0 Å². The van der Waals surface area contributed by atoms with Crippen molar-refractivity contribution < 1.29 is 14.6 Å². The molecule has 1 heterocycles. The lowest BCUT2D eigenvalue weighted by atomic mass is 10.2. The third-order valence-electron chi connectivity index (χ3n) is 3.47. The Bertz CT molecular complexity index is 444. The van der Waals surface area contributed by atoms with Gasteiger partial charge in [0.15, 0.2) is 0 Å². The Hall–Kier alpha value is -1.63. The number of nitrogens with one attached hydrogen (secondary N) is 2. The molecule has 6 heteroatoms. The van der Waals surface area contributed by atoms with Crippen LogP contribution in [0.4, 0.5) is 11.4 Å². The highest BCUT2D eigenvalue weighted by molar-refractivity contribution is 5.94. The molecule has 0 saturated carbocycles. The van der Waals surface area contributed by atoms with E-state index in [0.29, 0.717) is 19.7 Å². The van der Waals surface area contributed by atoms with Gasteiger partial charge in [0, 0.05) is 37.6 Å². The number of likely N-dealkylation sites (N-methyl/N-ethyl adjacent to an activating group) is 1. The van der Waals surface area contributed by atoms with Crippen LogP contribution in [0.3, 0.4) is 0 Å². The Balaban J connectivity index is 1.93. The van der Waals surface area contributed by atoms with Gasteiger partial charge in [0.1, 0.15) is 6.10 Å². The molecule has 1 aliphatic rings. The highest BCUT2D eigenvalue weighted by Gasteiger charge is 2.21. The second-order valence-electron chi connectivity index (χ2n) is 4.90. The number of aliphatic hydroxyl groups is 1. The monoisotopic (exact) mass is 293 g/mol. The molecule has 2 rings (SSSR count). The highest BCUT2D eigenvalue weighted by atomic mass is 16.5. The number of anilines is 2. The molecule has 1 aromatic rings. The van der Waals surface area contributed by atoms with Gasteiger partial charge in [0.2, 0.25) is 0 Å². The van der Waals surface area contributed by atoms with Crippen LogP contribution in [-0.2, 0) is 9.53 Å². The third-order valence-corrected chi connectivity index (χ3v) is 3.47. The maximum Gasteiger partial charge on any atom is 0.254 e. The van der Waals surface area contributed by atoms with Crippen molar-refractivity contribution in [3.05, 3.63) is 24.3 Å². The number of aliphatic hydroxyl groups excluding tert-OH is 1. The average Bonchev–Trinajstić information content (AvgIpc) is 2.54. The number of ether oxygens (including phenoxy) is 1. The quantitative estimate of drug-likeness (QED) is 0.709. The number of hydrogen-bond donors (Lipinski definition) is 3. The van der Waals surface area contributed by atoms with E-state index < -0.39 is 6.10 Å². The first-order chi connectivity index (χ1) is 10.2. The van der Waals surface area contributed by atoms with Gasteiger partial charge >= 0.3 is 0 Å². The molecule has 1 fully saturated rings. The SMILES string of the molecule is CCN(CCO)c1ccc(NC(=O)C2CNCCO2)cc1. The van der Waals surface area contributed by atoms with Gasteiger partial charge < -0.3 is 25.4 Å². The van der Waals surface area contributed by atoms with Crippen molar-refractivity contribution in [2.24, 2.45) is 0 Å². The van der Waals surface area contributed by atoms with E-state index in [9.17, 15) is 4.79 Å². The molecule has 0 bridgehead atoms. The van der Waals surface area contributed by atoms with Gasteiger partial charge in [-0.1, -0.05) is 0 Å². The zero-order valence-corrected chi connectivity index (χ0v) is 12.3. The molecule has 1 amide bonds. The van der Waals surface area contributed by atoms with Crippen molar-refractivity contribution in [1.29, 1.82) is 0 Å². The Labute approximate surface area is 125 Å². The third kappa shape index (κ3) is 4.42. The number of morpholine rings is 1. The summed E-state index contributed by atoms with van der Waals surface area (Å²) in [5, 5.41) is 15.0. The molecule has 1 saturated heterocycles. The molecular weight excluding hydrogens is 270 g/mol. The zero-order valence-electron chi connectivity index (χ0n) is 12.3. The van der Waals surface area contributed by atoms with Crippen molar-refractivity contribution >= 4 is 17.3 Å². The van der Waals surface area contributed by atoms with Crippen LogP contribution in [0.5, 0.6) is 0 Å². The number of amides is 1. The average molecular weight is 293 g/mol. The fraction of sp³-hybridized carbons (Fsp3) is 0.533. The fourth-order valence-electron chi connectivity index (χ4n) is 2.30. The van der Waals surface area contributed by atoms with Gasteiger partial charge in [0.25, 0.3) is 5.91 Å². The van der Waals surface area contributed by atoms with Gasteiger partial charge in [0.05, 0.1) is 13.2 Å². The van der Waals surface area contributed by atoms with Gasteiger partial charge in [-0.2, -0.15) is 0 Å². The standard InChI is InChI=1S/C15H23N3O3/c1-2-18(8-9-19)13-5-3-12(4-6-13)17-15(20)14-11-16-7-10-21-14/h3-6,14,16,19H,2,7-11H2,1H3,(H,17,20). The molecule has 1 aliphatic heterocycles. The lowest BCUT2D eigenvalue weighted by Gasteiger charge is -2.24. The van der Waals surface area contributed by atoms with Crippen LogP contribution < -0.4 is 15.5 Å². The highest BCUT2D eigenvalue weighted by Crippen LogP contribution is 2.18. The van der Waals surface area contributed by atoms with Gasteiger partial charge in [-0.3, -0.25) is 4.79 Å². The number of nitrogens with zero attached hydrogens (tertiary/aromatic N) is 1. The molecule has 21 heavy (non-hydrogen) atoms. The summed E-state index contributed by atoms with van der Waals surface area (Å²) in [6.07, 6.45) is -0.431. The minimum Gasteiger partial charge on any atom is -0.395 e. The van der Waals surface area contributed by atoms with E-state index in [1.54, 1.807) is 0 Å². The summed E-state index contributed by atoms with van der Waals surface area (Å²) in [6, 6.07) is 7.61. The van der Waals surface area contributed by atoms with Gasteiger partial charge in [-0.15, -0.1) is 0 Å². The molecule has 0 spiro atoms. The summed E-state index contributed by atoms with van der Waals surface area (Å²) in [7, 11) is 0. The molecule has 0 aromatic heterocycles. The molecule has 6 nitrogen and oxygen atoms in total. The Kier molecular flexibility index (Phi) is 5.98. The largest absolute Gasteiger partial charge is 0.395 e. The van der Waals surface area contributed by atoms with Crippen LogP contribution in [0.25, 0.3) is 0 Å². The Morgan fingerprint density at radius 2 is 2.24 bits per heavy atom. The summed E-state index contributed by atoms with van der Waals surface area (Å²) in [5.41, 5.74) is 1.78. The number of carbonyl (C=O) groups is 1. The Morgan fingerprint density at radius 1 is 1.48 bits per heavy atom. The molecular formula is C15H23N3O3. The Morgan fingerprint density at radius 3 is 2.81 bits per heavy atom. The topological polar surface area (TPSA) is 73.8 Å². The number of hydrogen-bond acceptors (Lipinski definition) is 5. The first-order valence-electron chi connectivity index (χ1n) is 7.33. The van der Waals surface area contributed by atoms with Crippen LogP contribution in [0, 0.1) is 0 Å². The van der Waals surface area contributed by atoms with E-state index in [1.165, 1.54) is 0 Å². The molecule has 1 unspecified atom stereocenters. The van der Waals surface area contributed by atoms with Crippen LogP contribution in [0.2, 0.25) is 0 Å². The summed E-state index contributed by atoms with van der Waals surface area (Å²) >= 11 is 0. The lowest BCUT2D eigenvalue weighted by Crippen LogP contribution is -2.45. The number of benzene rings is 1. The van der Waals surface area contributed by atoms with E-state index in [4.69, 9.17) is 9.84 Å². The predicted molar refractivity (Wildman–Crippen MR) is 82.7 cm³/mol. The number of carbonyl (C=O) groups excluding carboxylic acids is 1. The molecule has 3 N–H and O–H groups in total. The minimum atomic E-state index is -0.431. The van der Waals surface area contributed by atoms with E-state index in [1.807, 2.05) is 31.2 Å². The zero-order chi connectivity index (χ0) is 15.1. The predicted octanol–water partition coefficient (Wildman–Crippen LogP) is 0.432. The smallest absolute Gasteiger partial charge is 0.254 e. The first-order valence-corrected chi connectivity index (χ1v) is 7.33. The van der Waals surface area contributed by atoms with Crippen LogP contribution in [0.15, 0.2) is 24.3 Å². The summed E-state index contributed by atoms with van der Waals surface area (Å²) in [6.45, 7) is 5.48. The van der Waals surface area contributed by atoms with E-state index in [-0.39, 0.29) is 12.5 Å². The molecule has 0 radical (unpaired) electrons. The van der Waals surface area contributed by atoms with Crippen molar-refractivity contribution in [2.75, 3.05) is 49.6 Å². The number of rotatable bonds is 6. The summed E-state index contributed by atoms with van der Waals surface area (Å²) < 4.78 is 5.41. The van der Waals surface area contributed by atoms with Crippen LogP contribution in [0.1, 0.15) is 6.92 Å². The maximum absolute atomic E-state index is 12.0. The van der Waals surface area contributed by atoms with Gasteiger partial charge in [-0.05, 0) is 31.2 Å². The van der Waals surface area contributed by atoms with Crippen molar-refractivity contribution in [3.63, 3.8) is 0 Å². The molecule has 0 aliphatic carbocycles.